The quantitative estimate of drug-likeness (QED) is 0.703. The van der Waals surface area contributed by atoms with Crippen LogP contribution in [0.4, 0.5) is 14.0 Å². The third-order valence-electron chi connectivity index (χ3n) is 4.40. The molecular formula is C15H14BrFN2O5S. The summed E-state index contributed by atoms with van der Waals surface area (Å²) in [6, 6.07) is 4.41. The van der Waals surface area contributed by atoms with Crippen LogP contribution in [0.25, 0.3) is 0 Å². The zero-order chi connectivity index (χ0) is 18.4. The number of imide groups is 1. The highest BCUT2D eigenvalue weighted by atomic mass is 79.9. The molecule has 1 aromatic carbocycles. The Morgan fingerprint density at radius 1 is 1.44 bits per heavy atom. The number of aliphatic imine (C=N–C) groups is 1. The van der Waals surface area contributed by atoms with Gasteiger partial charge in [-0.25, -0.2) is 19.0 Å². The highest BCUT2D eigenvalue weighted by Gasteiger charge is 2.54. The lowest BCUT2D eigenvalue weighted by atomic mass is 9.79. The number of fused-ring (bicyclic) bond motifs is 1. The molecule has 2 aliphatic rings. The van der Waals surface area contributed by atoms with E-state index in [9.17, 15) is 24.2 Å². The first-order valence-electron chi connectivity index (χ1n) is 7.32. The van der Waals surface area contributed by atoms with Gasteiger partial charge < -0.3 is 14.9 Å². The van der Waals surface area contributed by atoms with Gasteiger partial charge in [0.1, 0.15) is 11.4 Å². The molecule has 2 heterocycles. The van der Waals surface area contributed by atoms with Crippen molar-refractivity contribution in [3.63, 3.8) is 0 Å². The second kappa shape index (κ2) is 6.58. The number of rotatable bonds is 1. The van der Waals surface area contributed by atoms with Crippen molar-refractivity contribution in [1.82, 2.24) is 4.90 Å². The van der Waals surface area contributed by atoms with Gasteiger partial charge in [0.25, 0.3) is 0 Å². The zero-order valence-corrected chi connectivity index (χ0v) is 15.4. The van der Waals surface area contributed by atoms with Crippen molar-refractivity contribution in [2.75, 3.05) is 12.4 Å². The Hall–Kier alpha value is -1.65. The maximum absolute atomic E-state index is 14.6. The molecule has 134 valence electrons. The Kier molecular flexibility index (Phi) is 4.78. The molecule has 3 atom stereocenters. The first-order valence-corrected chi connectivity index (χ1v) is 9.10. The largest absolute Gasteiger partial charge is 0.464 e. The molecule has 2 N–H and O–H groups in total. The molecule has 1 saturated heterocycles. The minimum absolute atomic E-state index is 0.0450. The normalized spacial score (nSPS) is 28.2. The van der Waals surface area contributed by atoms with E-state index in [0.717, 1.165) is 11.8 Å². The van der Waals surface area contributed by atoms with E-state index in [1.807, 2.05) is 6.92 Å². The summed E-state index contributed by atoms with van der Waals surface area (Å²) < 4.78 is 20.9. The van der Waals surface area contributed by atoms with Crippen LogP contribution in [0.3, 0.4) is 0 Å². The summed E-state index contributed by atoms with van der Waals surface area (Å²) in [4.78, 5) is 27.1. The van der Waals surface area contributed by atoms with Gasteiger partial charge in [-0.1, -0.05) is 27.7 Å². The number of nitrogens with zero attached hydrogens (tertiary/aromatic N) is 2. The van der Waals surface area contributed by atoms with Gasteiger partial charge in [-0.2, -0.15) is 4.90 Å². The van der Waals surface area contributed by atoms with Crippen LogP contribution in [-0.4, -0.2) is 50.9 Å². The van der Waals surface area contributed by atoms with Crippen molar-refractivity contribution in [2.45, 2.75) is 18.6 Å². The summed E-state index contributed by atoms with van der Waals surface area (Å²) in [6.45, 7) is 1.89. The third kappa shape index (κ3) is 3.02. The zero-order valence-electron chi connectivity index (χ0n) is 13.0. The topological polar surface area (TPSA) is 99.4 Å². The second-order valence-corrected chi connectivity index (χ2v) is 7.68. The van der Waals surface area contributed by atoms with E-state index in [0.29, 0.717) is 10.2 Å². The summed E-state index contributed by atoms with van der Waals surface area (Å²) in [7, 11) is 0. The number of carboxylic acid groups (broad SMARTS) is 2. The molecule has 1 aromatic rings. The van der Waals surface area contributed by atoms with E-state index in [1.165, 1.54) is 6.07 Å². The van der Waals surface area contributed by atoms with Crippen LogP contribution in [-0.2, 0) is 10.3 Å². The van der Waals surface area contributed by atoms with Crippen LogP contribution in [0.15, 0.2) is 27.7 Å². The lowest BCUT2D eigenvalue weighted by molar-refractivity contribution is 0.107. The number of amidine groups is 1. The average molecular weight is 433 g/mol. The van der Waals surface area contributed by atoms with Gasteiger partial charge in [-0.3, -0.25) is 0 Å². The van der Waals surface area contributed by atoms with Gasteiger partial charge in [-0.15, -0.1) is 0 Å². The molecule has 0 radical (unpaired) electrons. The van der Waals surface area contributed by atoms with E-state index in [-0.39, 0.29) is 34.3 Å². The highest BCUT2D eigenvalue weighted by Crippen LogP contribution is 2.49. The lowest BCUT2D eigenvalue weighted by Crippen LogP contribution is -2.46. The van der Waals surface area contributed by atoms with Crippen LogP contribution in [0.2, 0.25) is 0 Å². The van der Waals surface area contributed by atoms with Crippen molar-refractivity contribution >= 4 is 45.0 Å². The molecule has 3 rings (SSSR count). The predicted octanol–water partition coefficient (Wildman–Crippen LogP) is 3.58. The van der Waals surface area contributed by atoms with Gasteiger partial charge in [0.2, 0.25) is 0 Å². The van der Waals surface area contributed by atoms with E-state index in [2.05, 4.69) is 20.9 Å². The maximum atomic E-state index is 14.6. The van der Waals surface area contributed by atoms with Crippen LogP contribution in [0, 0.1) is 11.7 Å². The Morgan fingerprint density at radius 3 is 2.76 bits per heavy atom. The predicted molar refractivity (Wildman–Crippen MR) is 92.5 cm³/mol. The minimum atomic E-state index is -1.66. The number of carbonyl (C=O) groups is 2. The van der Waals surface area contributed by atoms with Crippen molar-refractivity contribution < 1.29 is 28.9 Å². The first kappa shape index (κ1) is 18.2. The highest BCUT2D eigenvalue weighted by molar-refractivity contribution is 9.10. The number of ether oxygens (including phenoxy) is 1. The molecule has 0 spiro atoms. The number of hydrogen-bond donors (Lipinski definition) is 2. The monoisotopic (exact) mass is 432 g/mol. The van der Waals surface area contributed by atoms with Crippen molar-refractivity contribution in [3.8, 4) is 0 Å². The minimum Gasteiger partial charge on any atom is -0.464 e. The van der Waals surface area contributed by atoms with Crippen molar-refractivity contribution in [3.05, 3.63) is 34.1 Å². The molecular weight excluding hydrogens is 419 g/mol. The number of hydrogen-bond acceptors (Lipinski definition) is 5. The smallest absolute Gasteiger partial charge is 0.423 e. The fraction of sp³-hybridized carbons (Fsp3) is 0.400. The third-order valence-corrected chi connectivity index (χ3v) is 5.95. The van der Waals surface area contributed by atoms with Crippen LogP contribution >= 0.6 is 27.7 Å². The Bertz CT molecular complexity index is 762. The van der Waals surface area contributed by atoms with Crippen molar-refractivity contribution in [2.24, 2.45) is 10.9 Å². The molecule has 0 saturated carbocycles. The Morgan fingerprint density at radius 2 is 2.12 bits per heavy atom. The fourth-order valence-corrected chi connectivity index (χ4v) is 4.90. The van der Waals surface area contributed by atoms with E-state index in [4.69, 9.17) is 4.74 Å². The molecule has 2 aliphatic heterocycles. The van der Waals surface area contributed by atoms with Gasteiger partial charge in [0, 0.05) is 21.7 Å². The van der Waals surface area contributed by atoms with Gasteiger partial charge in [-0.05, 0) is 25.1 Å². The average Bonchev–Trinajstić information content (AvgIpc) is 2.87. The number of thioether (sulfide) groups is 1. The molecule has 10 heteroatoms. The first-order chi connectivity index (χ1) is 11.8. The molecule has 25 heavy (non-hydrogen) atoms. The molecule has 7 nitrogen and oxygen atoms in total. The summed E-state index contributed by atoms with van der Waals surface area (Å²) in [6.07, 6.45) is -3.54. The Labute approximate surface area is 155 Å². The Balaban J connectivity index is 2.18. The molecule has 0 aromatic heterocycles. The lowest BCUT2D eigenvalue weighted by Gasteiger charge is -2.37. The van der Waals surface area contributed by atoms with Crippen LogP contribution in [0.5, 0.6) is 0 Å². The second-order valence-electron chi connectivity index (χ2n) is 5.78. The van der Waals surface area contributed by atoms with Crippen molar-refractivity contribution in [1.29, 1.82) is 0 Å². The molecule has 1 fully saturated rings. The van der Waals surface area contributed by atoms with E-state index < -0.39 is 23.5 Å². The number of halogens is 2. The SMILES string of the molecule is C[C@H]1OC[C@]2(c3cc(Br)ccc3F)N=C(N(C(=O)O)C(=O)O)SC[C@H]12. The fourth-order valence-electron chi connectivity index (χ4n) is 3.15. The van der Waals surface area contributed by atoms with Crippen LogP contribution < -0.4 is 0 Å². The van der Waals surface area contributed by atoms with Crippen LogP contribution in [0.1, 0.15) is 12.5 Å². The molecule has 0 aliphatic carbocycles. The standard InChI is InChI=1S/C15H14BrFN2O5S/c1-7-10-5-25-12(19(13(20)21)14(22)23)18-15(10,6-24-7)9-4-8(16)2-3-11(9)17/h2-4,7,10H,5-6H2,1H3,(H,20,21)(H,22,23)/t7-,10-,15-/m1/s1. The van der Waals surface area contributed by atoms with E-state index in [1.54, 1.807) is 12.1 Å². The maximum Gasteiger partial charge on any atom is 0.423 e. The summed E-state index contributed by atoms with van der Waals surface area (Å²) >= 11 is 4.31. The van der Waals surface area contributed by atoms with Gasteiger partial charge >= 0.3 is 12.2 Å². The summed E-state index contributed by atoms with van der Waals surface area (Å²) in [5.74, 6) is -0.351. The van der Waals surface area contributed by atoms with Gasteiger partial charge in [0.15, 0.2) is 5.17 Å². The number of benzene rings is 1. The number of amides is 2. The van der Waals surface area contributed by atoms with Gasteiger partial charge in [0.05, 0.1) is 12.7 Å². The molecule has 2 amide bonds. The van der Waals surface area contributed by atoms with E-state index >= 15 is 0 Å². The molecule has 0 bridgehead atoms. The molecule has 0 unspecified atom stereocenters. The summed E-state index contributed by atoms with van der Waals surface area (Å²) in [5, 5.41) is 18.2. The summed E-state index contributed by atoms with van der Waals surface area (Å²) in [5.41, 5.74) is -0.915.